The van der Waals surface area contributed by atoms with Crippen LogP contribution in [0.25, 0.3) is 0 Å². The first kappa shape index (κ1) is 14.8. The van der Waals surface area contributed by atoms with Crippen molar-refractivity contribution in [3.63, 3.8) is 0 Å². The zero-order valence-electron chi connectivity index (χ0n) is 12.8. The first-order valence-corrected chi connectivity index (χ1v) is 7.60. The van der Waals surface area contributed by atoms with Gasteiger partial charge in [0.05, 0.1) is 0 Å². The van der Waals surface area contributed by atoms with E-state index >= 15 is 0 Å². The van der Waals surface area contributed by atoms with Gasteiger partial charge in [-0.05, 0) is 17.7 Å². The highest BCUT2D eigenvalue weighted by molar-refractivity contribution is 7.15. The standard InChI is InChI=1S/C15H22N4S/c1-11(2)14-16-17-15(20-14)19(5)10-12-7-6-8-13(9-12)18(3)4/h6-9,11H,10H2,1-5H3. The van der Waals surface area contributed by atoms with Crippen LogP contribution >= 0.6 is 11.3 Å². The molecule has 0 fully saturated rings. The van der Waals surface area contributed by atoms with E-state index in [4.69, 9.17) is 0 Å². The van der Waals surface area contributed by atoms with Gasteiger partial charge in [0.2, 0.25) is 5.13 Å². The molecule has 1 heterocycles. The van der Waals surface area contributed by atoms with Gasteiger partial charge >= 0.3 is 0 Å². The minimum atomic E-state index is 0.437. The number of benzene rings is 1. The van der Waals surface area contributed by atoms with Crippen LogP contribution in [0.3, 0.4) is 0 Å². The number of aromatic nitrogens is 2. The van der Waals surface area contributed by atoms with Gasteiger partial charge < -0.3 is 9.80 Å². The van der Waals surface area contributed by atoms with E-state index in [1.165, 1.54) is 11.3 Å². The summed E-state index contributed by atoms with van der Waals surface area (Å²) >= 11 is 1.67. The molecule has 2 rings (SSSR count). The van der Waals surface area contributed by atoms with E-state index < -0.39 is 0 Å². The van der Waals surface area contributed by atoms with Crippen molar-refractivity contribution >= 4 is 22.2 Å². The van der Waals surface area contributed by atoms with Gasteiger partial charge in [-0.25, -0.2) is 0 Å². The maximum absolute atomic E-state index is 4.28. The highest BCUT2D eigenvalue weighted by Gasteiger charge is 2.11. The Bertz CT molecular complexity index is 563. The molecule has 0 unspecified atom stereocenters. The Balaban J connectivity index is 2.10. The van der Waals surface area contributed by atoms with Gasteiger partial charge in [-0.3, -0.25) is 0 Å². The lowest BCUT2D eigenvalue weighted by molar-refractivity contribution is 0.817. The summed E-state index contributed by atoms with van der Waals surface area (Å²) in [7, 11) is 6.18. The molecular weight excluding hydrogens is 268 g/mol. The summed E-state index contributed by atoms with van der Waals surface area (Å²) in [4.78, 5) is 4.27. The molecule has 0 bridgehead atoms. The summed E-state index contributed by atoms with van der Waals surface area (Å²) in [5.41, 5.74) is 2.50. The zero-order chi connectivity index (χ0) is 14.7. The predicted octanol–water partition coefficient (Wildman–Crippen LogP) is 3.36. The molecule has 0 amide bonds. The molecule has 5 heteroatoms. The number of anilines is 2. The van der Waals surface area contributed by atoms with E-state index in [-0.39, 0.29) is 0 Å². The Labute approximate surface area is 125 Å². The van der Waals surface area contributed by atoms with Gasteiger partial charge in [0.1, 0.15) is 5.01 Å². The minimum Gasteiger partial charge on any atom is -0.378 e. The summed E-state index contributed by atoms with van der Waals surface area (Å²) in [5.74, 6) is 0.437. The van der Waals surface area contributed by atoms with Crippen molar-refractivity contribution in [3.8, 4) is 0 Å². The lowest BCUT2D eigenvalue weighted by atomic mass is 10.2. The van der Waals surface area contributed by atoms with E-state index in [2.05, 4.69) is 79.3 Å². The fraction of sp³-hybridized carbons (Fsp3) is 0.467. The summed E-state index contributed by atoms with van der Waals surface area (Å²) in [5, 5.41) is 10.6. The zero-order valence-corrected chi connectivity index (χ0v) is 13.6. The first-order chi connectivity index (χ1) is 9.47. The van der Waals surface area contributed by atoms with Crippen LogP contribution in [0.4, 0.5) is 10.8 Å². The van der Waals surface area contributed by atoms with Gasteiger partial charge in [-0.1, -0.05) is 37.3 Å². The molecule has 20 heavy (non-hydrogen) atoms. The molecule has 0 aliphatic carbocycles. The Morgan fingerprint density at radius 1 is 1.15 bits per heavy atom. The Hall–Kier alpha value is -1.62. The van der Waals surface area contributed by atoms with E-state index in [1.807, 2.05) is 0 Å². The van der Waals surface area contributed by atoms with Crippen LogP contribution in [-0.4, -0.2) is 31.3 Å². The molecule has 0 saturated heterocycles. The third-order valence-electron chi connectivity index (χ3n) is 3.10. The molecule has 0 aliphatic rings. The van der Waals surface area contributed by atoms with E-state index in [0.29, 0.717) is 5.92 Å². The van der Waals surface area contributed by atoms with Crippen molar-refractivity contribution in [1.82, 2.24) is 10.2 Å². The van der Waals surface area contributed by atoms with Crippen molar-refractivity contribution in [2.45, 2.75) is 26.3 Å². The fourth-order valence-corrected chi connectivity index (χ4v) is 2.69. The van der Waals surface area contributed by atoms with Crippen LogP contribution in [0.5, 0.6) is 0 Å². The van der Waals surface area contributed by atoms with Gasteiger partial charge in [0.15, 0.2) is 0 Å². The highest BCUT2D eigenvalue weighted by Crippen LogP contribution is 2.26. The molecule has 1 aromatic heterocycles. The second-order valence-corrected chi connectivity index (χ2v) is 6.49. The fourth-order valence-electron chi connectivity index (χ4n) is 1.89. The highest BCUT2D eigenvalue weighted by atomic mass is 32.1. The second-order valence-electron chi connectivity index (χ2n) is 5.50. The molecule has 0 aliphatic heterocycles. The maximum Gasteiger partial charge on any atom is 0.208 e. The quantitative estimate of drug-likeness (QED) is 0.845. The minimum absolute atomic E-state index is 0.437. The molecule has 0 N–H and O–H groups in total. The average molecular weight is 290 g/mol. The van der Waals surface area contributed by atoms with Crippen LogP contribution in [0.15, 0.2) is 24.3 Å². The summed E-state index contributed by atoms with van der Waals surface area (Å²) in [6.45, 7) is 5.13. The van der Waals surface area contributed by atoms with Crippen LogP contribution in [-0.2, 0) is 6.54 Å². The summed E-state index contributed by atoms with van der Waals surface area (Å²) < 4.78 is 0. The molecule has 4 nitrogen and oxygen atoms in total. The van der Waals surface area contributed by atoms with Crippen LogP contribution in [0.2, 0.25) is 0 Å². The smallest absolute Gasteiger partial charge is 0.208 e. The van der Waals surface area contributed by atoms with Crippen LogP contribution in [0.1, 0.15) is 30.3 Å². The molecule has 0 saturated carbocycles. The molecule has 0 spiro atoms. The number of hydrogen-bond donors (Lipinski definition) is 0. The molecule has 1 aromatic carbocycles. The monoisotopic (exact) mass is 290 g/mol. The van der Waals surface area contributed by atoms with E-state index in [0.717, 1.165) is 16.7 Å². The van der Waals surface area contributed by atoms with Gasteiger partial charge in [-0.15, -0.1) is 10.2 Å². The van der Waals surface area contributed by atoms with Crippen molar-refractivity contribution < 1.29 is 0 Å². The average Bonchev–Trinajstić information content (AvgIpc) is 2.88. The van der Waals surface area contributed by atoms with Gasteiger partial charge in [-0.2, -0.15) is 0 Å². The second kappa shape index (κ2) is 6.22. The summed E-state index contributed by atoms with van der Waals surface area (Å²) in [6.07, 6.45) is 0. The first-order valence-electron chi connectivity index (χ1n) is 6.78. The molecule has 0 atom stereocenters. The molecule has 0 radical (unpaired) electrons. The Morgan fingerprint density at radius 3 is 2.50 bits per heavy atom. The van der Waals surface area contributed by atoms with Crippen molar-refractivity contribution in [2.75, 3.05) is 30.9 Å². The number of hydrogen-bond acceptors (Lipinski definition) is 5. The molecule has 2 aromatic rings. The third-order valence-corrected chi connectivity index (χ3v) is 4.44. The van der Waals surface area contributed by atoms with Gasteiger partial charge in [0.25, 0.3) is 0 Å². The van der Waals surface area contributed by atoms with Crippen molar-refractivity contribution in [2.24, 2.45) is 0 Å². The topological polar surface area (TPSA) is 32.3 Å². The third kappa shape index (κ3) is 3.48. The number of rotatable bonds is 5. The Kier molecular flexibility index (Phi) is 4.60. The maximum atomic E-state index is 4.28. The molecule has 108 valence electrons. The lowest BCUT2D eigenvalue weighted by Gasteiger charge is -2.17. The van der Waals surface area contributed by atoms with Gasteiger partial charge in [0, 0.05) is 39.3 Å². The van der Waals surface area contributed by atoms with E-state index in [9.17, 15) is 0 Å². The van der Waals surface area contributed by atoms with Crippen molar-refractivity contribution in [1.29, 1.82) is 0 Å². The van der Waals surface area contributed by atoms with Crippen molar-refractivity contribution in [3.05, 3.63) is 34.8 Å². The normalized spacial score (nSPS) is 10.9. The van der Waals surface area contributed by atoms with Crippen LogP contribution < -0.4 is 9.80 Å². The summed E-state index contributed by atoms with van der Waals surface area (Å²) in [6, 6.07) is 8.57. The lowest BCUT2D eigenvalue weighted by Crippen LogP contribution is -2.16. The van der Waals surface area contributed by atoms with E-state index in [1.54, 1.807) is 11.3 Å². The largest absolute Gasteiger partial charge is 0.378 e. The SMILES string of the molecule is CC(C)c1nnc(N(C)Cc2cccc(N(C)C)c2)s1. The predicted molar refractivity (Wildman–Crippen MR) is 86.9 cm³/mol. The van der Waals surface area contributed by atoms with Crippen LogP contribution in [0, 0.1) is 0 Å². The number of nitrogens with zero attached hydrogens (tertiary/aromatic N) is 4. The Morgan fingerprint density at radius 2 is 1.90 bits per heavy atom. The molecular formula is C15H22N4S.